The predicted octanol–water partition coefficient (Wildman–Crippen LogP) is 2.53. The highest BCUT2D eigenvalue weighted by molar-refractivity contribution is 7.09. The molecular weight excluding hydrogens is 228 g/mol. The van der Waals surface area contributed by atoms with E-state index in [1.165, 1.54) is 16.1 Å². The number of rotatable bonds is 3. The molecule has 0 aliphatic heterocycles. The lowest BCUT2D eigenvalue weighted by atomic mass is 10.1. The molecule has 1 heterocycles. The van der Waals surface area contributed by atoms with Gasteiger partial charge in [-0.3, -0.25) is 0 Å². The van der Waals surface area contributed by atoms with Crippen LogP contribution in [0.15, 0.2) is 29.6 Å². The molecule has 2 nitrogen and oxygen atoms in total. The number of fused-ring (bicyclic) bond motifs is 1. The lowest BCUT2D eigenvalue weighted by Crippen LogP contribution is -2.04. The molecule has 88 valence electrons. The molecule has 2 aromatic rings. The van der Waals surface area contributed by atoms with E-state index in [1.807, 2.05) is 0 Å². The monoisotopic (exact) mass is 244 g/mol. The molecule has 0 unspecified atom stereocenters. The normalized spacial score (nSPS) is 15.1. The summed E-state index contributed by atoms with van der Waals surface area (Å²) in [5.74, 6) is 0.587. The Kier molecular flexibility index (Phi) is 2.95. The van der Waals surface area contributed by atoms with Crippen molar-refractivity contribution in [2.45, 2.75) is 25.2 Å². The van der Waals surface area contributed by atoms with Gasteiger partial charge in [0.2, 0.25) is 0 Å². The maximum absolute atomic E-state index is 5.56. The van der Waals surface area contributed by atoms with Crippen LogP contribution in [0.2, 0.25) is 0 Å². The van der Waals surface area contributed by atoms with Gasteiger partial charge in [0.05, 0.1) is 10.7 Å². The molecule has 0 saturated carbocycles. The van der Waals surface area contributed by atoms with Gasteiger partial charge in [-0.05, 0) is 30.5 Å². The van der Waals surface area contributed by atoms with Crippen LogP contribution in [-0.4, -0.2) is 11.5 Å². The third-order valence-corrected chi connectivity index (χ3v) is 4.43. The second kappa shape index (κ2) is 4.59. The van der Waals surface area contributed by atoms with Crippen LogP contribution in [0, 0.1) is 0 Å². The van der Waals surface area contributed by atoms with E-state index in [2.05, 4.69) is 29.6 Å². The van der Waals surface area contributed by atoms with Crippen molar-refractivity contribution in [3.05, 3.63) is 51.5 Å². The largest absolute Gasteiger partial charge is 0.330 e. The average molecular weight is 244 g/mol. The summed E-state index contributed by atoms with van der Waals surface area (Å²) in [5.41, 5.74) is 9.70. The van der Waals surface area contributed by atoms with Gasteiger partial charge in [0.25, 0.3) is 0 Å². The fourth-order valence-corrected chi connectivity index (χ4v) is 3.46. The summed E-state index contributed by atoms with van der Waals surface area (Å²) in [5, 5.41) is 3.44. The minimum absolute atomic E-state index is 0.587. The number of nitrogens with zero attached hydrogens (tertiary/aromatic N) is 1. The molecular formula is C14H16N2S. The number of hydrogen-bond donors (Lipinski definition) is 1. The van der Waals surface area contributed by atoms with Gasteiger partial charge < -0.3 is 5.73 Å². The van der Waals surface area contributed by atoms with Gasteiger partial charge >= 0.3 is 0 Å². The molecule has 3 heteroatoms. The Morgan fingerprint density at radius 1 is 1.24 bits per heavy atom. The van der Waals surface area contributed by atoms with Crippen LogP contribution in [0.25, 0.3) is 0 Å². The van der Waals surface area contributed by atoms with E-state index >= 15 is 0 Å². The zero-order valence-corrected chi connectivity index (χ0v) is 10.5. The Labute approximate surface area is 106 Å². The highest BCUT2D eigenvalue weighted by Gasteiger charge is 2.24. The van der Waals surface area contributed by atoms with Crippen molar-refractivity contribution in [3.63, 3.8) is 0 Å². The number of nitrogens with two attached hydrogens (primary N) is 1. The highest BCUT2D eigenvalue weighted by Crippen LogP contribution is 2.35. The number of aromatic nitrogens is 1. The van der Waals surface area contributed by atoms with E-state index < -0.39 is 0 Å². The van der Waals surface area contributed by atoms with E-state index in [4.69, 9.17) is 10.7 Å². The third-order valence-electron chi connectivity index (χ3n) is 3.37. The van der Waals surface area contributed by atoms with Crippen molar-refractivity contribution in [1.29, 1.82) is 0 Å². The Balaban J connectivity index is 1.79. The molecule has 0 spiro atoms. The summed E-state index contributed by atoms with van der Waals surface area (Å²) in [7, 11) is 0. The van der Waals surface area contributed by atoms with Crippen LogP contribution in [0.1, 0.15) is 27.7 Å². The highest BCUT2D eigenvalue weighted by atomic mass is 32.1. The average Bonchev–Trinajstić information content (AvgIpc) is 2.94. The summed E-state index contributed by atoms with van der Waals surface area (Å²) >= 11 is 1.79. The molecule has 2 N–H and O–H groups in total. The Bertz CT molecular complexity index is 493. The molecule has 0 amide bonds. The fraction of sp³-hybridized carbons (Fsp3) is 0.357. The second-order valence-electron chi connectivity index (χ2n) is 4.59. The van der Waals surface area contributed by atoms with Crippen molar-refractivity contribution >= 4 is 11.3 Å². The lowest BCUT2D eigenvalue weighted by Gasteiger charge is -2.03. The Hall–Kier alpha value is -1.19. The molecule has 0 atom stereocenters. The standard InChI is InChI=1S/C14H16N2S/c15-6-5-13-9-17-14(16-13)12-7-10-3-1-2-4-11(10)8-12/h1-4,9,12H,5-8,15H2. The van der Waals surface area contributed by atoms with Crippen LogP contribution in [-0.2, 0) is 19.3 Å². The van der Waals surface area contributed by atoms with E-state index in [9.17, 15) is 0 Å². The van der Waals surface area contributed by atoms with Gasteiger partial charge in [-0.15, -0.1) is 11.3 Å². The summed E-state index contributed by atoms with van der Waals surface area (Å²) in [6, 6.07) is 8.74. The zero-order valence-electron chi connectivity index (χ0n) is 9.73. The first-order valence-corrected chi connectivity index (χ1v) is 6.96. The third kappa shape index (κ3) is 2.13. The van der Waals surface area contributed by atoms with Crippen LogP contribution < -0.4 is 5.73 Å². The topological polar surface area (TPSA) is 38.9 Å². The van der Waals surface area contributed by atoms with E-state index in [1.54, 1.807) is 11.3 Å². The second-order valence-corrected chi connectivity index (χ2v) is 5.48. The van der Waals surface area contributed by atoms with Gasteiger partial charge in [-0.25, -0.2) is 4.98 Å². The van der Waals surface area contributed by atoms with Gasteiger partial charge in [0.15, 0.2) is 0 Å². The van der Waals surface area contributed by atoms with E-state index in [0.717, 1.165) is 25.0 Å². The van der Waals surface area contributed by atoms with E-state index in [-0.39, 0.29) is 0 Å². The van der Waals surface area contributed by atoms with Gasteiger partial charge in [0, 0.05) is 17.7 Å². The zero-order chi connectivity index (χ0) is 11.7. The quantitative estimate of drug-likeness (QED) is 0.901. The number of thiazole rings is 1. The number of hydrogen-bond acceptors (Lipinski definition) is 3. The minimum Gasteiger partial charge on any atom is -0.330 e. The molecule has 1 aliphatic carbocycles. The van der Waals surface area contributed by atoms with Crippen LogP contribution in [0.5, 0.6) is 0 Å². The van der Waals surface area contributed by atoms with Gasteiger partial charge in [0.1, 0.15) is 0 Å². The summed E-state index contributed by atoms with van der Waals surface area (Å²) < 4.78 is 0. The van der Waals surface area contributed by atoms with Crippen LogP contribution in [0.4, 0.5) is 0 Å². The molecule has 3 rings (SSSR count). The smallest absolute Gasteiger partial charge is 0.0965 e. The van der Waals surface area contributed by atoms with Crippen molar-refractivity contribution in [2.24, 2.45) is 5.73 Å². The van der Waals surface area contributed by atoms with Gasteiger partial charge in [-0.1, -0.05) is 24.3 Å². The van der Waals surface area contributed by atoms with E-state index in [0.29, 0.717) is 12.5 Å². The molecule has 1 aromatic carbocycles. The summed E-state index contributed by atoms with van der Waals surface area (Å²) in [6.07, 6.45) is 3.19. The van der Waals surface area contributed by atoms with Crippen LogP contribution >= 0.6 is 11.3 Å². The minimum atomic E-state index is 0.587. The lowest BCUT2D eigenvalue weighted by molar-refractivity contribution is 0.728. The predicted molar refractivity (Wildman–Crippen MR) is 71.5 cm³/mol. The fourth-order valence-electron chi connectivity index (χ4n) is 2.51. The molecule has 0 bridgehead atoms. The van der Waals surface area contributed by atoms with Crippen molar-refractivity contribution in [3.8, 4) is 0 Å². The molecule has 1 aromatic heterocycles. The Morgan fingerprint density at radius 2 is 1.94 bits per heavy atom. The van der Waals surface area contributed by atoms with Crippen molar-refractivity contribution in [1.82, 2.24) is 4.98 Å². The Morgan fingerprint density at radius 3 is 2.59 bits per heavy atom. The van der Waals surface area contributed by atoms with Crippen molar-refractivity contribution in [2.75, 3.05) is 6.54 Å². The molecule has 17 heavy (non-hydrogen) atoms. The van der Waals surface area contributed by atoms with Crippen molar-refractivity contribution < 1.29 is 0 Å². The SMILES string of the molecule is NCCc1csc(C2Cc3ccccc3C2)n1. The maximum atomic E-state index is 5.56. The molecule has 0 fully saturated rings. The molecule has 0 saturated heterocycles. The first kappa shape index (κ1) is 10.9. The first-order valence-electron chi connectivity index (χ1n) is 6.08. The molecule has 0 radical (unpaired) electrons. The first-order chi connectivity index (χ1) is 8.36. The molecule has 1 aliphatic rings. The summed E-state index contributed by atoms with van der Waals surface area (Å²) in [6.45, 7) is 0.689. The van der Waals surface area contributed by atoms with Crippen LogP contribution in [0.3, 0.4) is 0 Å². The number of benzene rings is 1. The maximum Gasteiger partial charge on any atom is 0.0965 e. The van der Waals surface area contributed by atoms with Gasteiger partial charge in [-0.2, -0.15) is 0 Å². The summed E-state index contributed by atoms with van der Waals surface area (Å²) in [4.78, 5) is 4.70.